The highest BCUT2D eigenvalue weighted by molar-refractivity contribution is 5.98. The molecule has 0 aliphatic rings. The van der Waals surface area contributed by atoms with Crippen LogP contribution in [-0.4, -0.2) is 15.9 Å². The minimum atomic E-state index is -0.149. The third kappa shape index (κ3) is 4.16. The van der Waals surface area contributed by atoms with Gasteiger partial charge in [-0.05, 0) is 35.4 Å². The molecule has 0 spiro atoms. The van der Waals surface area contributed by atoms with E-state index >= 15 is 0 Å². The van der Waals surface area contributed by atoms with Crippen LogP contribution in [0.3, 0.4) is 0 Å². The molecule has 0 fully saturated rings. The van der Waals surface area contributed by atoms with Crippen molar-refractivity contribution in [3.8, 4) is 0 Å². The maximum atomic E-state index is 12.4. The van der Waals surface area contributed by atoms with Crippen LogP contribution in [0.25, 0.3) is 0 Å². The number of carbonyl (C=O) groups is 1. The first-order chi connectivity index (χ1) is 11.8. The topological polar surface area (TPSA) is 66.9 Å². The maximum Gasteiger partial charge on any atom is 0.255 e. The summed E-state index contributed by atoms with van der Waals surface area (Å²) in [6.45, 7) is 1.07. The molecule has 2 aromatic heterocycles. The number of pyridine rings is 2. The molecular weight excluding hydrogens is 300 g/mol. The second kappa shape index (κ2) is 7.87. The molecule has 5 nitrogen and oxygen atoms in total. The first kappa shape index (κ1) is 15.7. The number of hydrogen-bond donors (Lipinski definition) is 2. The fraction of sp³-hybridized carbons (Fsp3) is 0.105. The smallest absolute Gasteiger partial charge is 0.255 e. The summed E-state index contributed by atoms with van der Waals surface area (Å²) in [7, 11) is 0. The predicted octanol–water partition coefficient (Wildman–Crippen LogP) is 3.02. The van der Waals surface area contributed by atoms with Gasteiger partial charge >= 0.3 is 0 Å². The number of amides is 1. The molecule has 2 heterocycles. The van der Waals surface area contributed by atoms with Crippen molar-refractivity contribution in [1.82, 2.24) is 15.3 Å². The van der Waals surface area contributed by atoms with Crippen molar-refractivity contribution < 1.29 is 4.79 Å². The van der Waals surface area contributed by atoms with Gasteiger partial charge in [0.2, 0.25) is 0 Å². The molecule has 0 saturated heterocycles. The van der Waals surface area contributed by atoms with Crippen molar-refractivity contribution in [2.75, 3.05) is 5.32 Å². The summed E-state index contributed by atoms with van der Waals surface area (Å²) < 4.78 is 0. The van der Waals surface area contributed by atoms with Gasteiger partial charge in [-0.1, -0.05) is 30.3 Å². The van der Waals surface area contributed by atoms with Crippen LogP contribution in [0.4, 0.5) is 5.82 Å². The van der Waals surface area contributed by atoms with E-state index in [2.05, 4.69) is 20.6 Å². The van der Waals surface area contributed by atoms with Crippen molar-refractivity contribution in [3.05, 3.63) is 89.9 Å². The zero-order valence-corrected chi connectivity index (χ0v) is 13.1. The van der Waals surface area contributed by atoms with Crippen LogP contribution in [0.1, 0.15) is 21.5 Å². The van der Waals surface area contributed by atoms with Gasteiger partial charge in [0.05, 0.1) is 5.56 Å². The number of aromatic nitrogens is 2. The number of hydrogen-bond acceptors (Lipinski definition) is 4. The maximum absolute atomic E-state index is 12.4. The van der Waals surface area contributed by atoms with E-state index < -0.39 is 0 Å². The van der Waals surface area contributed by atoms with E-state index in [1.54, 1.807) is 30.7 Å². The van der Waals surface area contributed by atoms with E-state index in [-0.39, 0.29) is 5.91 Å². The third-order valence-electron chi connectivity index (χ3n) is 3.56. The Morgan fingerprint density at radius 1 is 0.833 bits per heavy atom. The molecule has 120 valence electrons. The van der Waals surface area contributed by atoms with Crippen LogP contribution in [0, 0.1) is 0 Å². The molecule has 0 radical (unpaired) electrons. The molecule has 1 amide bonds. The molecule has 2 N–H and O–H groups in total. The average Bonchev–Trinajstić information content (AvgIpc) is 2.66. The zero-order valence-electron chi connectivity index (χ0n) is 13.1. The van der Waals surface area contributed by atoms with E-state index in [0.717, 1.165) is 11.1 Å². The Bertz CT molecular complexity index is 791. The van der Waals surface area contributed by atoms with Crippen molar-refractivity contribution in [1.29, 1.82) is 0 Å². The van der Waals surface area contributed by atoms with E-state index in [0.29, 0.717) is 24.5 Å². The average molecular weight is 318 g/mol. The predicted molar refractivity (Wildman–Crippen MR) is 93.4 cm³/mol. The van der Waals surface area contributed by atoms with Crippen LogP contribution < -0.4 is 10.6 Å². The molecule has 24 heavy (non-hydrogen) atoms. The van der Waals surface area contributed by atoms with Crippen LogP contribution in [0.2, 0.25) is 0 Å². The number of benzene rings is 1. The van der Waals surface area contributed by atoms with Crippen LogP contribution in [0.15, 0.2) is 73.2 Å². The molecule has 5 heteroatoms. The number of carbonyl (C=O) groups excluding carboxylic acids is 1. The number of rotatable bonds is 6. The Kier molecular flexibility index (Phi) is 5.14. The lowest BCUT2D eigenvalue weighted by Crippen LogP contribution is -2.24. The Labute approximate surface area is 140 Å². The van der Waals surface area contributed by atoms with Gasteiger partial charge in [0, 0.05) is 31.7 Å². The molecule has 0 aliphatic carbocycles. The Morgan fingerprint density at radius 2 is 1.58 bits per heavy atom. The summed E-state index contributed by atoms with van der Waals surface area (Å²) in [5.74, 6) is 0.420. The minimum absolute atomic E-state index is 0.149. The molecule has 0 unspecified atom stereocenters. The van der Waals surface area contributed by atoms with E-state index in [1.807, 2.05) is 42.5 Å². The van der Waals surface area contributed by atoms with Gasteiger partial charge in [0.15, 0.2) is 0 Å². The largest absolute Gasteiger partial charge is 0.365 e. The Balaban J connectivity index is 1.65. The van der Waals surface area contributed by atoms with Crippen molar-refractivity contribution in [2.24, 2.45) is 0 Å². The molecule has 0 saturated carbocycles. The van der Waals surface area contributed by atoms with Gasteiger partial charge in [0.1, 0.15) is 5.82 Å². The van der Waals surface area contributed by atoms with Gasteiger partial charge in [-0.15, -0.1) is 0 Å². The van der Waals surface area contributed by atoms with Gasteiger partial charge in [-0.2, -0.15) is 0 Å². The highest BCUT2D eigenvalue weighted by atomic mass is 16.1. The standard InChI is InChI=1S/C19H18N4O/c24-19(23-14-15-5-2-1-3-6-15)17-7-4-10-21-18(17)22-13-16-8-11-20-12-9-16/h1-12H,13-14H2,(H,21,22)(H,23,24). The van der Waals surface area contributed by atoms with E-state index in [1.165, 1.54) is 0 Å². The second-order valence-electron chi connectivity index (χ2n) is 5.28. The summed E-state index contributed by atoms with van der Waals surface area (Å²) in [6.07, 6.45) is 5.15. The third-order valence-corrected chi connectivity index (χ3v) is 3.56. The fourth-order valence-electron chi connectivity index (χ4n) is 2.29. The summed E-state index contributed by atoms with van der Waals surface area (Å²) in [4.78, 5) is 20.7. The molecule has 3 rings (SSSR count). The SMILES string of the molecule is O=C(NCc1ccccc1)c1cccnc1NCc1ccncc1. The first-order valence-electron chi connectivity index (χ1n) is 7.73. The molecule has 0 bridgehead atoms. The van der Waals surface area contributed by atoms with Gasteiger partial charge in [-0.25, -0.2) is 4.98 Å². The lowest BCUT2D eigenvalue weighted by molar-refractivity contribution is 0.0951. The van der Waals surface area contributed by atoms with Crippen LogP contribution >= 0.6 is 0 Å². The van der Waals surface area contributed by atoms with Crippen molar-refractivity contribution >= 4 is 11.7 Å². The molecule has 1 aromatic carbocycles. The first-order valence-corrected chi connectivity index (χ1v) is 7.73. The number of anilines is 1. The summed E-state index contributed by atoms with van der Waals surface area (Å²) in [6, 6.07) is 17.2. The van der Waals surface area contributed by atoms with E-state index in [4.69, 9.17) is 0 Å². The summed E-state index contributed by atoms with van der Waals surface area (Å²) in [5.41, 5.74) is 2.66. The molecule has 0 aliphatic heterocycles. The quantitative estimate of drug-likeness (QED) is 0.733. The molecular formula is C19H18N4O. The van der Waals surface area contributed by atoms with Crippen molar-refractivity contribution in [3.63, 3.8) is 0 Å². The van der Waals surface area contributed by atoms with Gasteiger partial charge in [-0.3, -0.25) is 9.78 Å². The highest BCUT2D eigenvalue weighted by Gasteiger charge is 2.11. The highest BCUT2D eigenvalue weighted by Crippen LogP contribution is 2.13. The van der Waals surface area contributed by atoms with Crippen molar-refractivity contribution in [2.45, 2.75) is 13.1 Å². The second-order valence-corrected chi connectivity index (χ2v) is 5.28. The molecule has 0 atom stereocenters. The summed E-state index contributed by atoms with van der Waals surface area (Å²) >= 11 is 0. The monoisotopic (exact) mass is 318 g/mol. The van der Waals surface area contributed by atoms with Crippen LogP contribution in [-0.2, 0) is 13.1 Å². The normalized spacial score (nSPS) is 10.2. The van der Waals surface area contributed by atoms with Gasteiger partial charge in [0.25, 0.3) is 5.91 Å². The lowest BCUT2D eigenvalue weighted by atomic mass is 10.2. The summed E-state index contributed by atoms with van der Waals surface area (Å²) in [5, 5.41) is 6.13. The minimum Gasteiger partial charge on any atom is -0.365 e. The fourth-order valence-corrected chi connectivity index (χ4v) is 2.29. The number of nitrogens with zero attached hydrogens (tertiary/aromatic N) is 2. The lowest BCUT2D eigenvalue weighted by Gasteiger charge is -2.11. The van der Waals surface area contributed by atoms with Crippen LogP contribution in [0.5, 0.6) is 0 Å². The number of nitrogens with one attached hydrogen (secondary N) is 2. The Hall–Kier alpha value is -3.21. The van der Waals surface area contributed by atoms with E-state index in [9.17, 15) is 4.79 Å². The Morgan fingerprint density at radius 3 is 2.38 bits per heavy atom. The molecule has 3 aromatic rings. The van der Waals surface area contributed by atoms with Gasteiger partial charge < -0.3 is 10.6 Å². The zero-order chi connectivity index (χ0) is 16.6.